The maximum Gasteiger partial charge on any atom is 0.166 e. The second kappa shape index (κ2) is 5.86. The van der Waals surface area contributed by atoms with E-state index < -0.39 is 0 Å². The first-order chi connectivity index (χ1) is 9.74. The first-order valence-electron chi connectivity index (χ1n) is 7.68. The highest BCUT2D eigenvalue weighted by atomic mass is 16.5. The van der Waals surface area contributed by atoms with Crippen molar-refractivity contribution in [3.05, 3.63) is 23.8 Å². The van der Waals surface area contributed by atoms with Crippen molar-refractivity contribution in [2.45, 2.75) is 39.0 Å². The molecule has 1 aromatic carbocycles. The standard InChI is InChI=1S/C17H22O3/c1-12-3-5-13(6-4-12)17(18)14-7-8-15-16(11-14)20-10-2-9-19-15/h7-8,11-13H,2-6,9-10H2,1H3. The van der Waals surface area contributed by atoms with Crippen LogP contribution in [0.5, 0.6) is 11.5 Å². The summed E-state index contributed by atoms with van der Waals surface area (Å²) in [5.74, 6) is 2.71. The lowest BCUT2D eigenvalue weighted by molar-refractivity contribution is 0.0875. The molecule has 0 amide bonds. The van der Waals surface area contributed by atoms with E-state index in [1.807, 2.05) is 18.2 Å². The Balaban J connectivity index is 1.76. The number of carbonyl (C=O) groups excluding carboxylic acids is 1. The van der Waals surface area contributed by atoms with Gasteiger partial charge in [0.25, 0.3) is 0 Å². The van der Waals surface area contributed by atoms with Crippen LogP contribution < -0.4 is 9.47 Å². The summed E-state index contributed by atoms with van der Waals surface area (Å²) in [4.78, 5) is 12.6. The number of hydrogen-bond acceptors (Lipinski definition) is 3. The van der Waals surface area contributed by atoms with Gasteiger partial charge >= 0.3 is 0 Å². The first kappa shape index (κ1) is 13.5. The minimum atomic E-state index is 0.191. The molecule has 0 atom stereocenters. The molecule has 1 aromatic rings. The quantitative estimate of drug-likeness (QED) is 0.768. The molecular weight excluding hydrogens is 252 g/mol. The van der Waals surface area contributed by atoms with Gasteiger partial charge in [-0.15, -0.1) is 0 Å². The second-order valence-corrected chi connectivity index (χ2v) is 6.03. The largest absolute Gasteiger partial charge is 0.490 e. The van der Waals surface area contributed by atoms with Crippen molar-refractivity contribution < 1.29 is 14.3 Å². The molecule has 1 heterocycles. The van der Waals surface area contributed by atoms with Crippen LogP contribution in [-0.4, -0.2) is 19.0 Å². The lowest BCUT2D eigenvalue weighted by atomic mass is 9.79. The predicted octanol–water partition coefficient (Wildman–Crippen LogP) is 3.86. The van der Waals surface area contributed by atoms with Crippen molar-refractivity contribution >= 4 is 5.78 Å². The van der Waals surface area contributed by atoms with E-state index in [-0.39, 0.29) is 11.7 Å². The molecule has 3 heteroatoms. The minimum Gasteiger partial charge on any atom is -0.490 e. The van der Waals surface area contributed by atoms with Gasteiger partial charge in [-0.25, -0.2) is 0 Å². The maximum absolute atomic E-state index is 12.6. The molecule has 108 valence electrons. The zero-order chi connectivity index (χ0) is 13.9. The molecule has 0 aromatic heterocycles. The van der Waals surface area contributed by atoms with Gasteiger partial charge in [0.2, 0.25) is 0 Å². The van der Waals surface area contributed by atoms with Gasteiger partial charge in [0.05, 0.1) is 13.2 Å². The third kappa shape index (κ3) is 2.82. The smallest absolute Gasteiger partial charge is 0.166 e. The van der Waals surface area contributed by atoms with Gasteiger partial charge in [-0.3, -0.25) is 4.79 Å². The molecule has 0 spiro atoms. The molecule has 0 radical (unpaired) electrons. The van der Waals surface area contributed by atoms with Gasteiger partial charge in [-0.05, 0) is 37.0 Å². The molecule has 0 unspecified atom stereocenters. The molecule has 1 aliphatic heterocycles. The van der Waals surface area contributed by atoms with Crippen LogP contribution in [0, 0.1) is 11.8 Å². The number of ketones is 1. The molecule has 20 heavy (non-hydrogen) atoms. The lowest BCUT2D eigenvalue weighted by Gasteiger charge is -2.25. The van der Waals surface area contributed by atoms with E-state index in [0.717, 1.165) is 42.2 Å². The van der Waals surface area contributed by atoms with Crippen molar-refractivity contribution in [1.29, 1.82) is 0 Å². The zero-order valence-corrected chi connectivity index (χ0v) is 12.1. The zero-order valence-electron chi connectivity index (χ0n) is 12.1. The van der Waals surface area contributed by atoms with Crippen LogP contribution >= 0.6 is 0 Å². The Morgan fingerprint density at radius 3 is 2.50 bits per heavy atom. The third-order valence-corrected chi connectivity index (χ3v) is 4.42. The SMILES string of the molecule is CC1CCC(C(=O)c2ccc3c(c2)OCCCO3)CC1. The average Bonchev–Trinajstić information content (AvgIpc) is 2.71. The van der Waals surface area contributed by atoms with Gasteiger partial charge in [-0.2, -0.15) is 0 Å². The van der Waals surface area contributed by atoms with Gasteiger partial charge in [-0.1, -0.05) is 19.8 Å². The summed E-state index contributed by atoms with van der Waals surface area (Å²) in [6, 6.07) is 5.62. The molecule has 3 nitrogen and oxygen atoms in total. The number of carbonyl (C=O) groups is 1. The summed E-state index contributed by atoms with van der Waals surface area (Å²) in [7, 11) is 0. The van der Waals surface area contributed by atoms with Crippen LogP contribution in [0.4, 0.5) is 0 Å². The van der Waals surface area contributed by atoms with Crippen LogP contribution in [-0.2, 0) is 0 Å². The van der Waals surface area contributed by atoms with Gasteiger partial charge < -0.3 is 9.47 Å². The minimum absolute atomic E-state index is 0.191. The molecule has 0 N–H and O–H groups in total. The topological polar surface area (TPSA) is 35.5 Å². The highest BCUT2D eigenvalue weighted by Crippen LogP contribution is 2.34. The van der Waals surface area contributed by atoms with Gasteiger partial charge in [0, 0.05) is 17.9 Å². The molecule has 2 aliphatic rings. The normalized spacial score (nSPS) is 25.9. The van der Waals surface area contributed by atoms with E-state index >= 15 is 0 Å². The fraction of sp³-hybridized carbons (Fsp3) is 0.588. The summed E-state index contributed by atoms with van der Waals surface area (Å²) in [6.45, 7) is 3.61. The van der Waals surface area contributed by atoms with E-state index in [1.165, 1.54) is 12.8 Å². The second-order valence-electron chi connectivity index (χ2n) is 6.03. The Labute approximate surface area is 120 Å². The predicted molar refractivity (Wildman–Crippen MR) is 77.5 cm³/mol. The van der Waals surface area contributed by atoms with E-state index in [9.17, 15) is 4.79 Å². The number of fused-ring (bicyclic) bond motifs is 1. The van der Waals surface area contributed by atoms with Crippen LogP contribution in [0.15, 0.2) is 18.2 Å². The van der Waals surface area contributed by atoms with Crippen molar-refractivity contribution in [3.63, 3.8) is 0 Å². The average molecular weight is 274 g/mol. The number of hydrogen-bond donors (Lipinski definition) is 0. The monoisotopic (exact) mass is 274 g/mol. The summed E-state index contributed by atoms with van der Waals surface area (Å²) in [6.07, 6.45) is 5.27. The Hall–Kier alpha value is -1.51. The molecular formula is C17H22O3. The third-order valence-electron chi connectivity index (χ3n) is 4.42. The van der Waals surface area contributed by atoms with Crippen LogP contribution in [0.2, 0.25) is 0 Å². The number of ether oxygens (including phenoxy) is 2. The van der Waals surface area contributed by atoms with Gasteiger partial charge in [0.1, 0.15) is 0 Å². The van der Waals surface area contributed by atoms with Crippen LogP contribution in [0.1, 0.15) is 49.4 Å². The number of Topliss-reactive ketones (excluding diaryl/α,β-unsaturated/α-hetero) is 1. The molecule has 0 bridgehead atoms. The molecule has 0 saturated heterocycles. The molecule has 1 aliphatic carbocycles. The highest BCUT2D eigenvalue weighted by molar-refractivity contribution is 5.98. The van der Waals surface area contributed by atoms with Crippen molar-refractivity contribution in [2.24, 2.45) is 11.8 Å². The summed E-state index contributed by atoms with van der Waals surface area (Å²) in [5, 5.41) is 0. The Bertz CT molecular complexity index is 487. The van der Waals surface area contributed by atoms with Crippen molar-refractivity contribution in [2.75, 3.05) is 13.2 Å². The Morgan fingerprint density at radius 2 is 1.75 bits per heavy atom. The van der Waals surface area contributed by atoms with Crippen molar-refractivity contribution in [1.82, 2.24) is 0 Å². The van der Waals surface area contributed by atoms with Crippen LogP contribution in [0.3, 0.4) is 0 Å². The van der Waals surface area contributed by atoms with E-state index in [0.29, 0.717) is 13.2 Å². The summed E-state index contributed by atoms with van der Waals surface area (Å²) in [5.41, 5.74) is 0.772. The van der Waals surface area contributed by atoms with E-state index in [2.05, 4.69) is 6.92 Å². The maximum atomic E-state index is 12.6. The summed E-state index contributed by atoms with van der Waals surface area (Å²) < 4.78 is 11.3. The lowest BCUT2D eigenvalue weighted by Crippen LogP contribution is -2.21. The van der Waals surface area contributed by atoms with E-state index in [1.54, 1.807) is 0 Å². The molecule has 3 rings (SSSR count). The number of benzene rings is 1. The van der Waals surface area contributed by atoms with Crippen LogP contribution in [0.25, 0.3) is 0 Å². The molecule has 1 fully saturated rings. The molecule has 1 saturated carbocycles. The fourth-order valence-electron chi connectivity index (χ4n) is 3.07. The number of rotatable bonds is 2. The van der Waals surface area contributed by atoms with Gasteiger partial charge in [0.15, 0.2) is 17.3 Å². The highest BCUT2D eigenvalue weighted by Gasteiger charge is 2.26. The Morgan fingerprint density at radius 1 is 1.05 bits per heavy atom. The van der Waals surface area contributed by atoms with Crippen molar-refractivity contribution in [3.8, 4) is 11.5 Å². The summed E-state index contributed by atoms with van der Waals surface area (Å²) >= 11 is 0. The fourth-order valence-corrected chi connectivity index (χ4v) is 3.07. The first-order valence-corrected chi connectivity index (χ1v) is 7.68. The van der Waals surface area contributed by atoms with E-state index in [4.69, 9.17) is 9.47 Å². The Kier molecular flexibility index (Phi) is 3.95.